The first-order valence-corrected chi connectivity index (χ1v) is 16.0. The van der Waals surface area contributed by atoms with E-state index in [1.165, 1.54) is 0 Å². The standard InChI is InChI=1S/2C15H11N3.2C5O5.2Cu.5H2O/c2*1-3-10-16-12(6-1)14-8-5-9-15(18-14)13-7-2-4-11-17-13;2*6-1-2(7)4(9)5(10)3(1)8;;;;;;;/h2*1-11H;;;;;5*1H2. The van der Waals surface area contributed by atoms with E-state index in [0.29, 0.717) is 0 Å². The number of pyridine rings is 6. The van der Waals surface area contributed by atoms with E-state index in [1.54, 1.807) is 24.8 Å². The Morgan fingerprint density at radius 1 is 0.222 bits per heavy atom. The maximum absolute atomic E-state index is 10.2. The van der Waals surface area contributed by atoms with Gasteiger partial charge < -0.3 is 27.4 Å². The average Bonchev–Trinajstić information content (AvgIpc) is 3.54. The Morgan fingerprint density at radius 3 is 0.524 bits per heavy atom. The molecule has 0 spiro atoms. The van der Waals surface area contributed by atoms with Crippen LogP contribution in [0.4, 0.5) is 0 Å². The van der Waals surface area contributed by atoms with Gasteiger partial charge in [0.15, 0.2) is 0 Å². The van der Waals surface area contributed by atoms with Crippen LogP contribution >= 0.6 is 0 Å². The third kappa shape index (κ3) is 14.8. The summed E-state index contributed by atoms with van der Waals surface area (Å²) in [5, 5.41) is 0. The number of nitrogens with zero attached hydrogens (tertiary/aromatic N) is 6. The first kappa shape index (κ1) is 59.7. The molecule has 8 rings (SSSR count). The van der Waals surface area contributed by atoms with Gasteiger partial charge >= 0.3 is 0 Å². The van der Waals surface area contributed by atoms with Crippen LogP contribution in [0.3, 0.4) is 0 Å². The second-order valence-electron chi connectivity index (χ2n) is 11.0. The maximum atomic E-state index is 10.2. The third-order valence-electron chi connectivity index (χ3n) is 7.27. The molecule has 6 aromatic heterocycles. The molecule has 2 radical (unpaired) electrons. The number of rotatable bonds is 4. The molecule has 2 fully saturated rings. The van der Waals surface area contributed by atoms with E-state index < -0.39 is 57.8 Å². The molecule has 0 aliphatic heterocycles. The van der Waals surface area contributed by atoms with Crippen LogP contribution in [0.25, 0.3) is 45.6 Å². The molecule has 63 heavy (non-hydrogen) atoms. The van der Waals surface area contributed by atoms with Crippen molar-refractivity contribution in [2.24, 2.45) is 0 Å². The van der Waals surface area contributed by atoms with Gasteiger partial charge in [-0.15, -0.1) is 0 Å². The van der Waals surface area contributed by atoms with Gasteiger partial charge in [-0.25, -0.2) is 9.97 Å². The molecule has 6 aromatic rings. The quantitative estimate of drug-likeness (QED) is 0.136. The van der Waals surface area contributed by atoms with E-state index in [4.69, 9.17) is 0 Å². The molecule has 23 heteroatoms. The smallest absolute Gasteiger partial charge is 0.281 e. The van der Waals surface area contributed by atoms with E-state index in [0.717, 1.165) is 45.6 Å². The van der Waals surface area contributed by atoms with E-state index in [9.17, 15) is 47.9 Å². The number of hydrogen-bond donors (Lipinski definition) is 0. The molecule has 21 nitrogen and oxygen atoms in total. The molecule has 0 aromatic carbocycles. The Balaban J connectivity index is -0.000000760. The van der Waals surface area contributed by atoms with Gasteiger partial charge in [-0.05, 0) is 72.8 Å². The largest absolute Gasteiger partial charge is 0.412 e. The van der Waals surface area contributed by atoms with E-state index in [-0.39, 0.29) is 61.5 Å². The predicted octanol–water partition coefficient (Wildman–Crippen LogP) is -2.03. The molecule has 2 saturated carbocycles. The van der Waals surface area contributed by atoms with E-state index in [1.807, 2.05) is 109 Å². The summed E-state index contributed by atoms with van der Waals surface area (Å²) in [5.74, 6) is -15.2. The minimum atomic E-state index is -1.52. The van der Waals surface area contributed by atoms with Gasteiger partial charge in [0.25, 0.3) is 57.8 Å². The number of aromatic nitrogens is 6. The van der Waals surface area contributed by atoms with Gasteiger partial charge in [0.2, 0.25) is 0 Å². The van der Waals surface area contributed by atoms with Crippen LogP contribution in [0, 0.1) is 0 Å². The summed E-state index contributed by atoms with van der Waals surface area (Å²) in [4.78, 5) is 128. The average molecular weight is 964 g/mol. The Kier molecular flexibility index (Phi) is 26.6. The number of Topliss-reactive ketones (excluding diaryl/α,β-unsaturated/α-hetero) is 10. The Morgan fingerprint density at radius 2 is 0.381 bits per heavy atom. The molecular formula is C40H32Cu2N6O15. The monoisotopic (exact) mass is 962 g/mol. The van der Waals surface area contributed by atoms with Gasteiger partial charge in [-0.1, -0.05) is 36.4 Å². The molecule has 334 valence electrons. The molecule has 0 unspecified atom stereocenters. The molecular weight excluding hydrogens is 932 g/mol. The number of ketones is 10. The minimum Gasteiger partial charge on any atom is -0.412 e. The SMILES string of the molecule is O.O.O.O.O.O=C1C(=O)C(=O)C(=O)C1=O.O=C1C(=O)C(=O)C(=O)C1=O.[Cu].[Cu].c1ccc(-c2cccc(-c3ccccn3)n2)nc1.c1ccc(-c2cccc(-c3ccccn3)n2)nc1. The molecule has 0 saturated heterocycles. The molecule has 6 heterocycles. The summed E-state index contributed by atoms with van der Waals surface area (Å²) in [7, 11) is 0. The molecule has 10 N–H and O–H groups in total. The Hall–Kier alpha value is -7.56. The van der Waals surface area contributed by atoms with Gasteiger partial charge in [0, 0.05) is 58.9 Å². The van der Waals surface area contributed by atoms with E-state index >= 15 is 0 Å². The van der Waals surface area contributed by atoms with Crippen molar-refractivity contribution in [2.45, 2.75) is 0 Å². The van der Waals surface area contributed by atoms with Crippen molar-refractivity contribution in [2.75, 3.05) is 0 Å². The predicted molar refractivity (Wildman–Crippen MR) is 210 cm³/mol. The zero-order valence-corrected chi connectivity index (χ0v) is 33.5. The fraction of sp³-hybridized carbons (Fsp3) is 0. The second-order valence-corrected chi connectivity index (χ2v) is 11.0. The first-order valence-electron chi connectivity index (χ1n) is 16.0. The zero-order valence-electron chi connectivity index (χ0n) is 31.6. The molecule has 0 amide bonds. The van der Waals surface area contributed by atoms with Gasteiger partial charge in [-0.3, -0.25) is 67.9 Å². The van der Waals surface area contributed by atoms with Crippen molar-refractivity contribution >= 4 is 57.8 Å². The summed E-state index contributed by atoms with van der Waals surface area (Å²) in [6.07, 6.45) is 7.07. The molecule has 0 atom stereocenters. The van der Waals surface area contributed by atoms with Crippen LogP contribution in [-0.2, 0) is 82.1 Å². The minimum absolute atomic E-state index is 0. The van der Waals surface area contributed by atoms with Crippen LogP contribution in [-0.4, -0.2) is 115 Å². The number of carbonyl (C=O) groups is 10. The Labute approximate surface area is 375 Å². The van der Waals surface area contributed by atoms with Crippen LogP contribution in [0.5, 0.6) is 0 Å². The fourth-order valence-electron chi connectivity index (χ4n) is 4.53. The van der Waals surface area contributed by atoms with Crippen molar-refractivity contribution in [1.29, 1.82) is 0 Å². The topological polar surface area (TPSA) is 406 Å². The normalized spacial score (nSPS) is 11.9. The van der Waals surface area contributed by atoms with Crippen molar-refractivity contribution in [3.05, 3.63) is 134 Å². The number of carbonyl (C=O) groups excluding carboxylic acids is 10. The summed E-state index contributed by atoms with van der Waals surface area (Å²) in [5.41, 5.74) is 6.92. The zero-order chi connectivity index (χ0) is 40.2. The second kappa shape index (κ2) is 28.1. The van der Waals surface area contributed by atoms with Crippen molar-refractivity contribution < 1.29 is 109 Å². The first-order chi connectivity index (χ1) is 27.0. The summed E-state index contributed by atoms with van der Waals surface area (Å²) in [6.45, 7) is 0. The molecule has 2 aliphatic carbocycles. The summed E-state index contributed by atoms with van der Waals surface area (Å²) in [6, 6.07) is 35.0. The fourth-order valence-corrected chi connectivity index (χ4v) is 4.53. The molecule has 0 bridgehead atoms. The molecule has 2 aliphatic rings. The summed E-state index contributed by atoms with van der Waals surface area (Å²) >= 11 is 0. The van der Waals surface area contributed by atoms with Crippen molar-refractivity contribution in [3.63, 3.8) is 0 Å². The maximum Gasteiger partial charge on any atom is 0.281 e. The van der Waals surface area contributed by atoms with Crippen molar-refractivity contribution in [3.8, 4) is 45.6 Å². The van der Waals surface area contributed by atoms with Crippen molar-refractivity contribution in [1.82, 2.24) is 29.9 Å². The Bertz CT molecular complexity index is 2100. The van der Waals surface area contributed by atoms with Crippen LogP contribution in [0.1, 0.15) is 0 Å². The summed E-state index contributed by atoms with van der Waals surface area (Å²) < 4.78 is 0. The van der Waals surface area contributed by atoms with Crippen LogP contribution < -0.4 is 0 Å². The van der Waals surface area contributed by atoms with Gasteiger partial charge in [-0.2, -0.15) is 0 Å². The van der Waals surface area contributed by atoms with Crippen LogP contribution in [0.2, 0.25) is 0 Å². The number of hydrogen-bond acceptors (Lipinski definition) is 16. The van der Waals surface area contributed by atoms with Gasteiger partial charge in [0.05, 0.1) is 45.6 Å². The van der Waals surface area contributed by atoms with E-state index in [2.05, 4.69) is 29.9 Å². The van der Waals surface area contributed by atoms with Crippen LogP contribution in [0.15, 0.2) is 134 Å². The van der Waals surface area contributed by atoms with Gasteiger partial charge in [0.1, 0.15) is 0 Å². The third-order valence-corrected chi connectivity index (χ3v) is 7.27.